The monoisotopic (exact) mass is 309 g/mol. The molecule has 3 aromatic rings. The summed E-state index contributed by atoms with van der Waals surface area (Å²) in [5.74, 6) is -0.937. The molecule has 0 bridgehead atoms. The van der Waals surface area contributed by atoms with Crippen molar-refractivity contribution in [1.29, 1.82) is 0 Å². The fraction of sp³-hybridized carbons (Fsp3) is 0.235. The second-order valence-electron chi connectivity index (χ2n) is 5.87. The molecule has 1 aromatic carbocycles. The van der Waals surface area contributed by atoms with Crippen molar-refractivity contribution < 1.29 is 15.0 Å². The molecule has 3 N–H and O–H groups in total. The number of phenols is 1. The van der Waals surface area contributed by atoms with Gasteiger partial charge in [-0.05, 0) is 36.6 Å². The number of carboxylic acids is 1. The first-order chi connectivity index (χ1) is 11.1. The SMILES string of the molecule is O=C(O)C1CCc2c([nH]c3nnc(-c4ccccc4O)cc23)C1. The summed E-state index contributed by atoms with van der Waals surface area (Å²) in [4.78, 5) is 14.4. The van der Waals surface area contributed by atoms with Crippen LogP contribution in [0.1, 0.15) is 17.7 Å². The highest BCUT2D eigenvalue weighted by Gasteiger charge is 2.27. The van der Waals surface area contributed by atoms with E-state index in [1.54, 1.807) is 18.2 Å². The van der Waals surface area contributed by atoms with Gasteiger partial charge in [0.25, 0.3) is 0 Å². The number of aromatic amines is 1. The molecule has 0 amide bonds. The molecule has 23 heavy (non-hydrogen) atoms. The number of fused-ring (bicyclic) bond motifs is 3. The van der Waals surface area contributed by atoms with E-state index in [9.17, 15) is 15.0 Å². The molecule has 0 aliphatic heterocycles. The molecule has 6 nitrogen and oxygen atoms in total. The van der Waals surface area contributed by atoms with Crippen LogP contribution in [0.5, 0.6) is 5.75 Å². The van der Waals surface area contributed by atoms with Crippen molar-refractivity contribution in [2.45, 2.75) is 19.3 Å². The van der Waals surface area contributed by atoms with Gasteiger partial charge in [-0.25, -0.2) is 0 Å². The molecule has 2 heterocycles. The van der Waals surface area contributed by atoms with Crippen molar-refractivity contribution >= 4 is 17.0 Å². The Kier molecular flexibility index (Phi) is 3.04. The fourth-order valence-corrected chi connectivity index (χ4v) is 3.25. The van der Waals surface area contributed by atoms with E-state index in [1.165, 1.54) is 0 Å². The summed E-state index contributed by atoms with van der Waals surface area (Å²) in [6, 6.07) is 8.92. The topological polar surface area (TPSA) is 99.1 Å². The Hall–Kier alpha value is -2.89. The van der Waals surface area contributed by atoms with E-state index in [0.29, 0.717) is 36.2 Å². The molecule has 0 spiro atoms. The molecule has 116 valence electrons. The summed E-state index contributed by atoms with van der Waals surface area (Å²) >= 11 is 0. The van der Waals surface area contributed by atoms with E-state index in [0.717, 1.165) is 16.6 Å². The number of carboxylic acid groups (broad SMARTS) is 1. The summed E-state index contributed by atoms with van der Waals surface area (Å²) < 4.78 is 0. The molecule has 1 aliphatic rings. The van der Waals surface area contributed by atoms with Gasteiger partial charge in [-0.2, -0.15) is 0 Å². The highest BCUT2D eigenvalue weighted by atomic mass is 16.4. The molecule has 0 fully saturated rings. The number of aryl methyl sites for hydroxylation is 1. The largest absolute Gasteiger partial charge is 0.507 e. The van der Waals surface area contributed by atoms with E-state index in [-0.39, 0.29) is 11.7 Å². The molecule has 4 rings (SSSR count). The van der Waals surface area contributed by atoms with Crippen LogP contribution in [0, 0.1) is 5.92 Å². The standard InChI is InChI=1S/C17H15N3O3/c21-15-4-2-1-3-11(15)14-8-12-10-6-5-9(17(22)23)7-13(10)18-16(12)20-19-14/h1-4,8-9,21H,5-7H2,(H,18,20)(H,22,23). The molecule has 1 unspecified atom stereocenters. The van der Waals surface area contributed by atoms with Crippen LogP contribution in [0.4, 0.5) is 0 Å². The molecule has 0 saturated carbocycles. The summed E-state index contributed by atoms with van der Waals surface area (Å²) in [7, 11) is 0. The van der Waals surface area contributed by atoms with Crippen molar-refractivity contribution in [3.8, 4) is 17.0 Å². The number of aromatic nitrogens is 3. The number of hydrogen-bond acceptors (Lipinski definition) is 4. The maximum Gasteiger partial charge on any atom is 0.306 e. The average molecular weight is 309 g/mol. The molecule has 0 radical (unpaired) electrons. The van der Waals surface area contributed by atoms with Gasteiger partial charge in [0.2, 0.25) is 0 Å². The molecule has 6 heteroatoms. The zero-order valence-electron chi connectivity index (χ0n) is 12.3. The minimum atomic E-state index is -0.754. The number of H-pyrrole nitrogens is 1. The second kappa shape index (κ2) is 5.08. The Balaban J connectivity index is 1.82. The van der Waals surface area contributed by atoms with Crippen LogP contribution in [0.15, 0.2) is 30.3 Å². The zero-order chi connectivity index (χ0) is 16.0. The van der Waals surface area contributed by atoms with Crippen molar-refractivity contribution in [3.63, 3.8) is 0 Å². The molecule has 0 saturated heterocycles. The summed E-state index contributed by atoms with van der Waals surface area (Å²) in [5.41, 5.74) is 3.96. The first-order valence-corrected chi connectivity index (χ1v) is 7.52. The van der Waals surface area contributed by atoms with E-state index < -0.39 is 5.97 Å². The number of nitrogens with zero attached hydrogens (tertiary/aromatic N) is 2. The van der Waals surface area contributed by atoms with Crippen LogP contribution in [0.2, 0.25) is 0 Å². The average Bonchev–Trinajstić information content (AvgIpc) is 2.92. The van der Waals surface area contributed by atoms with Crippen LogP contribution in [-0.2, 0) is 17.6 Å². The Morgan fingerprint density at radius 2 is 2.09 bits per heavy atom. The minimum absolute atomic E-state index is 0.163. The first kappa shape index (κ1) is 13.8. The number of benzene rings is 1. The highest BCUT2D eigenvalue weighted by Crippen LogP contribution is 2.34. The normalized spacial score (nSPS) is 17.1. The van der Waals surface area contributed by atoms with Crippen LogP contribution >= 0.6 is 0 Å². The third-order valence-electron chi connectivity index (χ3n) is 4.48. The fourth-order valence-electron chi connectivity index (χ4n) is 3.25. The van der Waals surface area contributed by atoms with Gasteiger partial charge in [0.15, 0.2) is 5.65 Å². The van der Waals surface area contributed by atoms with E-state index in [4.69, 9.17) is 0 Å². The van der Waals surface area contributed by atoms with Crippen molar-refractivity contribution in [2.24, 2.45) is 5.92 Å². The predicted molar refractivity (Wildman–Crippen MR) is 84.1 cm³/mol. The Bertz CT molecular complexity index is 917. The smallest absolute Gasteiger partial charge is 0.306 e. The summed E-state index contributed by atoms with van der Waals surface area (Å²) in [6.07, 6.45) is 1.83. The number of nitrogens with one attached hydrogen (secondary N) is 1. The van der Waals surface area contributed by atoms with Crippen molar-refractivity contribution in [1.82, 2.24) is 15.2 Å². The zero-order valence-corrected chi connectivity index (χ0v) is 12.3. The Morgan fingerprint density at radius 1 is 1.26 bits per heavy atom. The number of para-hydroxylation sites is 1. The van der Waals surface area contributed by atoms with E-state index in [1.807, 2.05) is 12.1 Å². The number of carbonyl (C=O) groups is 1. The van der Waals surface area contributed by atoms with Gasteiger partial charge < -0.3 is 15.2 Å². The summed E-state index contributed by atoms with van der Waals surface area (Å²) in [6.45, 7) is 0. The van der Waals surface area contributed by atoms with Gasteiger partial charge in [0.05, 0.1) is 11.6 Å². The quantitative estimate of drug-likeness (QED) is 0.675. The van der Waals surface area contributed by atoms with Crippen LogP contribution in [-0.4, -0.2) is 31.4 Å². The number of aromatic hydroxyl groups is 1. The number of aliphatic carboxylic acids is 1. The van der Waals surface area contributed by atoms with Gasteiger partial charge in [-0.3, -0.25) is 4.79 Å². The van der Waals surface area contributed by atoms with Crippen molar-refractivity contribution in [3.05, 3.63) is 41.6 Å². The Labute approximate surface area is 131 Å². The lowest BCUT2D eigenvalue weighted by atomic mass is 9.87. The van der Waals surface area contributed by atoms with Gasteiger partial charge >= 0.3 is 5.97 Å². The lowest BCUT2D eigenvalue weighted by molar-refractivity contribution is -0.142. The van der Waals surface area contributed by atoms with Crippen molar-refractivity contribution in [2.75, 3.05) is 0 Å². The van der Waals surface area contributed by atoms with E-state index >= 15 is 0 Å². The lowest BCUT2D eigenvalue weighted by Crippen LogP contribution is -2.21. The molecule has 2 aromatic heterocycles. The van der Waals surface area contributed by atoms with E-state index in [2.05, 4.69) is 15.2 Å². The molecule has 1 aliphatic carbocycles. The maximum atomic E-state index is 11.2. The number of phenolic OH excluding ortho intramolecular Hbond substituents is 1. The third-order valence-corrected chi connectivity index (χ3v) is 4.48. The van der Waals surface area contributed by atoms with Gasteiger partial charge in [-0.15, -0.1) is 10.2 Å². The molecular weight excluding hydrogens is 294 g/mol. The van der Waals surface area contributed by atoms with Gasteiger partial charge in [0.1, 0.15) is 5.75 Å². The molecule has 1 atom stereocenters. The van der Waals surface area contributed by atoms with Crippen LogP contribution < -0.4 is 0 Å². The Morgan fingerprint density at radius 3 is 2.87 bits per heavy atom. The number of hydrogen-bond donors (Lipinski definition) is 3. The molecular formula is C17H15N3O3. The number of rotatable bonds is 2. The lowest BCUT2D eigenvalue weighted by Gasteiger charge is -2.18. The minimum Gasteiger partial charge on any atom is -0.507 e. The van der Waals surface area contributed by atoms with Crippen LogP contribution in [0.25, 0.3) is 22.3 Å². The maximum absolute atomic E-state index is 11.2. The third kappa shape index (κ3) is 2.23. The first-order valence-electron chi connectivity index (χ1n) is 7.52. The summed E-state index contributed by atoms with van der Waals surface area (Å²) in [5, 5.41) is 28.5. The van der Waals surface area contributed by atoms with Gasteiger partial charge in [-0.1, -0.05) is 12.1 Å². The highest BCUT2D eigenvalue weighted by molar-refractivity contribution is 5.86. The van der Waals surface area contributed by atoms with Crippen LogP contribution in [0.3, 0.4) is 0 Å². The second-order valence-corrected chi connectivity index (χ2v) is 5.87. The van der Waals surface area contributed by atoms with Gasteiger partial charge in [0, 0.05) is 23.1 Å². The predicted octanol–water partition coefficient (Wildman–Crippen LogP) is 2.52.